The number of rotatable bonds is 5. The lowest BCUT2D eigenvalue weighted by atomic mass is 9.80. The Morgan fingerprint density at radius 3 is 1.46 bits per heavy atom. The molecular weight excluding hydrogens is 318 g/mol. The Balaban J connectivity index is 0.000000446. The second-order valence-corrected chi connectivity index (χ2v) is 7.52. The molecule has 1 aliphatic rings. The predicted octanol–water partition coefficient (Wildman–Crippen LogP) is 1.41. The summed E-state index contributed by atoms with van der Waals surface area (Å²) in [5.41, 5.74) is -1.93. The first kappa shape index (κ1) is 22.3. The first-order valence-corrected chi connectivity index (χ1v) is 7.77. The zero-order valence-corrected chi connectivity index (χ0v) is 15.0. The van der Waals surface area contributed by atoms with Crippen LogP contribution in [-0.2, 0) is 14.4 Å². The summed E-state index contributed by atoms with van der Waals surface area (Å²) in [6, 6.07) is 0. The first-order chi connectivity index (χ1) is 10.6. The standard InChI is InChI=1S/C10H21N.C6H8O7/c1-9(2)7-6-8-10(3,4)11(9)5;7-3(8)1-6(13,5(11)12)2-4(9)10/h6-8H2,1-5H3;13H,1-2H2,(H,7,8)(H,9,10)(H,11,12). The summed E-state index contributed by atoms with van der Waals surface area (Å²) in [6.07, 6.45) is 1.77. The van der Waals surface area contributed by atoms with Crippen molar-refractivity contribution in [3.63, 3.8) is 0 Å². The zero-order valence-electron chi connectivity index (χ0n) is 15.0. The van der Waals surface area contributed by atoms with Crippen molar-refractivity contribution in [1.29, 1.82) is 0 Å². The van der Waals surface area contributed by atoms with Gasteiger partial charge >= 0.3 is 17.9 Å². The molecule has 8 heteroatoms. The van der Waals surface area contributed by atoms with Crippen LogP contribution in [0.3, 0.4) is 0 Å². The molecule has 4 N–H and O–H groups in total. The highest BCUT2D eigenvalue weighted by Crippen LogP contribution is 2.36. The fourth-order valence-corrected chi connectivity index (χ4v) is 2.82. The maximum Gasteiger partial charge on any atom is 0.336 e. The van der Waals surface area contributed by atoms with Gasteiger partial charge in [0.05, 0.1) is 12.8 Å². The predicted molar refractivity (Wildman–Crippen MR) is 86.9 cm³/mol. The van der Waals surface area contributed by atoms with E-state index in [4.69, 9.17) is 20.4 Å². The van der Waals surface area contributed by atoms with E-state index in [1.807, 2.05) is 0 Å². The van der Waals surface area contributed by atoms with Crippen molar-refractivity contribution in [2.75, 3.05) is 7.05 Å². The molecular formula is C16H29NO7. The van der Waals surface area contributed by atoms with Crippen molar-refractivity contribution in [3.05, 3.63) is 0 Å². The van der Waals surface area contributed by atoms with Gasteiger partial charge in [0.25, 0.3) is 0 Å². The van der Waals surface area contributed by atoms with E-state index in [1.165, 1.54) is 19.3 Å². The molecule has 0 radical (unpaired) electrons. The lowest BCUT2D eigenvalue weighted by Crippen LogP contribution is -2.56. The average Bonchev–Trinajstić information content (AvgIpc) is 2.34. The van der Waals surface area contributed by atoms with Crippen molar-refractivity contribution in [1.82, 2.24) is 4.90 Å². The van der Waals surface area contributed by atoms with E-state index in [0.717, 1.165) is 0 Å². The summed E-state index contributed by atoms with van der Waals surface area (Å²) in [5.74, 6) is -5.02. The number of carboxylic acid groups (broad SMARTS) is 3. The summed E-state index contributed by atoms with van der Waals surface area (Å²) in [6.45, 7) is 9.36. The van der Waals surface area contributed by atoms with Gasteiger partial charge in [0.2, 0.25) is 0 Å². The third-order valence-corrected chi connectivity index (χ3v) is 4.68. The largest absolute Gasteiger partial charge is 0.481 e. The van der Waals surface area contributed by atoms with Crippen LogP contribution < -0.4 is 0 Å². The van der Waals surface area contributed by atoms with Gasteiger partial charge in [-0.25, -0.2) is 4.79 Å². The van der Waals surface area contributed by atoms with E-state index in [2.05, 4.69) is 39.6 Å². The normalized spacial score (nSPS) is 19.8. The second-order valence-electron chi connectivity index (χ2n) is 7.52. The lowest BCUT2D eigenvalue weighted by molar-refractivity contribution is -0.170. The highest BCUT2D eigenvalue weighted by Gasteiger charge is 2.41. The summed E-state index contributed by atoms with van der Waals surface area (Å²) >= 11 is 0. The minimum Gasteiger partial charge on any atom is -0.481 e. The molecule has 1 fully saturated rings. The minimum absolute atomic E-state index is 0.405. The Bertz CT molecular complexity index is 453. The maximum atomic E-state index is 10.3. The summed E-state index contributed by atoms with van der Waals surface area (Å²) < 4.78 is 0. The first-order valence-electron chi connectivity index (χ1n) is 7.77. The number of hydrogen-bond donors (Lipinski definition) is 4. The van der Waals surface area contributed by atoms with Gasteiger partial charge < -0.3 is 20.4 Å². The molecule has 0 saturated carbocycles. The zero-order chi connectivity index (χ0) is 19.3. The number of carboxylic acids is 3. The molecule has 0 aromatic heterocycles. The summed E-state index contributed by atoms with van der Waals surface area (Å²) in [5, 5.41) is 33.8. The quantitative estimate of drug-likeness (QED) is 0.586. The van der Waals surface area contributed by atoms with E-state index in [9.17, 15) is 14.4 Å². The van der Waals surface area contributed by atoms with Crippen molar-refractivity contribution in [2.45, 2.75) is 76.5 Å². The van der Waals surface area contributed by atoms with E-state index >= 15 is 0 Å². The van der Waals surface area contributed by atoms with Gasteiger partial charge in [-0.05, 0) is 54.0 Å². The Labute approximate surface area is 142 Å². The smallest absolute Gasteiger partial charge is 0.336 e. The van der Waals surface area contributed by atoms with Gasteiger partial charge in [0.15, 0.2) is 5.60 Å². The molecule has 0 amide bonds. The van der Waals surface area contributed by atoms with Gasteiger partial charge in [-0.3, -0.25) is 14.5 Å². The average molecular weight is 347 g/mol. The molecule has 1 heterocycles. The molecule has 0 atom stereocenters. The van der Waals surface area contributed by atoms with Gasteiger partial charge in [0.1, 0.15) is 0 Å². The topological polar surface area (TPSA) is 135 Å². The second kappa shape index (κ2) is 7.94. The van der Waals surface area contributed by atoms with E-state index in [1.54, 1.807) is 0 Å². The van der Waals surface area contributed by atoms with Crippen LogP contribution in [0.1, 0.15) is 59.8 Å². The minimum atomic E-state index is -2.74. The van der Waals surface area contributed by atoms with Crippen LogP contribution in [0.2, 0.25) is 0 Å². The van der Waals surface area contributed by atoms with Crippen molar-refractivity contribution in [3.8, 4) is 0 Å². The van der Waals surface area contributed by atoms with E-state index < -0.39 is 36.4 Å². The van der Waals surface area contributed by atoms with Crippen LogP contribution in [0.25, 0.3) is 0 Å². The Morgan fingerprint density at radius 2 is 1.25 bits per heavy atom. The van der Waals surface area contributed by atoms with Crippen molar-refractivity contribution < 1.29 is 34.8 Å². The number of carbonyl (C=O) groups is 3. The number of aliphatic hydroxyl groups is 1. The fourth-order valence-electron chi connectivity index (χ4n) is 2.82. The number of hydrogen-bond acceptors (Lipinski definition) is 5. The Kier molecular flexibility index (Phi) is 7.38. The molecule has 140 valence electrons. The molecule has 0 unspecified atom stereocenters. The van der Waals surface area contributed by atoms with Crippen LogP contribution in [0, 0.1) is 0 Å². The van der Waals surface area contributed by atoms with Crippen molar-refractivity contribution in [2.24, 2.45) is 0 Å². The monoisotopic (exact) mass is 347 g/mol. The molecule has 0 aromatic rings. The fraction of sp³-hybridized carbons (Fsp3) is 0.812. The summed E-state index contributed by atoms with van der Waals surface area (Å²) in [7, 11) is 2.25. The Morgan fingerprint density at radius 1 is 0.917 bits per heavy atom. The van der Waals surface area contributed by atoms with Crippen LogP contribution in [0.15, 0.2) is 0 Å². The molecule has 0 aliphatic carbocycles. The third-order valence-electron chi connectivity index (χ3n) is 4.68. The number of likely N-dealkylation sites (tertiary alicyclic amines) is 1. The SMILES string of the molecule is CN1C(C)(C)CCCC1(C)C.O=C(O)CC(O)(CC(=O)O)C(=O)O. The highest BCUT2D eigenvalue weighted by atomic mass is 16.4. The van der Waals surface area contributed by atoms with Crippen LogP contribution in [0.5, 0.6) is 0 Å². The molecule has 24 heavy (non-hydrogen) atoms. The van der Waals surface area contributed by atoms with E-state index in [0.29, 0.717) is 11.1 Å². The van der Waals surface area contributed by atoms with Crippen molar-refractivity contribution >= 4 is 17.9 Å². The highest BCUT2D eigenvalue weighted by molar-refractivity contribution is 5.88. The number of piperidine rings is 1. The number of nitrogens with zero attached hydrogens (tertiary/aromatic N) is 1. The number of aliphatic carboxylic acids is 3. The Hall–Kier alpha value is -1.67. The molecule has 8 nitrogen and oxygen atoms in total. The van der Waals surface area contributed by atoms with Crippen LogP contribution in [-0.4, -0.2) is 67.0 Å². The molecule has 0 aromatic carbocycles. The van der Waals surface area contributed by atoms with Gasteiger partial charge in [-0.15, -0.1) is 0 Å². The molecule has 1 rings (SSSR count). The molecule has 1 saturated heterocycles. The third kappa shape index (κ3) is 6.45. The van der Waals surface area contributed by atoms with Gasteiger partial charge in [-0.2, -0.15) is 0 Å². The molecule has 0 bridgehead atoms. The maximum absolute atomic E-state index is 10.3. The summed E-state index contributed by atoms with van der Waals surface area (Å²) in [4.78, 5) is 33.0. The van der Waals surface area contributed by atoms with E-state index in [-0.39, 0.29) is 0 Å². The van der Waals surface area contributed by atoms with Gasteiger partial charge in [0, 0.05) is 11.1 Å². The molecule has 0 spiro atoms. The van der Waals surface area contributed by atoms with Crippen LogP contribution in [0.4, 0.5) is 0 Å². The lowest BCUT2D eigenvalue weighted by Gasteiger charge is -2.50. The molecule has 1 aliphatic heterocycles. The van der Waals surface area contributed by atoms with Gasteiger partial charge in [-0.1, -0.05) is 0 Å². The van der Waals surface area contributed by atoms with Crippen LogP contribution >= 0.6 is 0 Å².